The fraction of sp³-hybridized carbons (Fsp3) is 0.727. The second-order valence-electron chi connectivity index (χ2n) is 8.88. The summed E-state index contributed by atoms with van der Waals surface area (Å²) < 4.78 is 26.8. The summed E-state index contributed by atoms with van der Waals surface area (Å²) in [6.45, 7) is 5.32. The van der Waals surface area contributed by atoms with E-state index in [9.17, 15) is 13.6 Å². The quantitative estimate of drug-likeness (QED) is 0.771. The van der Waals surface area contributed by atoms with Crippen LogP contribution in [0.5, 0.6) is 0 Å². The fourth-order valence-electron chi connectivity index (χ4n) is 5.04. The maximum absolute atomic E-state index is 13.4. The van der Waals surface area contributed by atoms with Crippen LogP contribution in [-0.2, 0) is 11.3 Å². The molecule has 0 saturated carbocycles. The topological polar surface area (TPSA) is 39.7 Å². The van der Waals surface area contributed by atoms with E-state index in [1.54, 1.807) is 11.1 Å². The molecule has 3 fully saturated rings. The van der Waals surface area contributed by atoms with Crippen LogP contribution in [0.15, 0.2) is 24.5 Å². The van der Waals surface area contributed by atoms with Crippen molar-refractivity contribution in [3.05, 3.63) is 30.1 Å². The van der Waals surface area contributed by atoms with Crippen LogP contribution in [0.1, 0.15) is 44.1 Å². The van der Waals surface area contributed by atoms with Crippen LogP contribution in [0.3, 0.4) is 0 Å². The fourth-order valence-corrected chi connectivity index (χ4v) is 5.04. The summed E-state index contributed by atoms with van der Waals surface area (Å²) in [5, 5.41) is 0. The van der Waals surface area contributed by atoms with Gasteiger partial charge in [-0.2, -0.15) is 0 Å². The van der Waals surface area contributed by atoms with Gasteiger partial charge in [-0.1, -0.05) is 6.07 Å². The van der Waals surface area contributed by atoms with Crippen molar-refractivity contribution in [3.63, 3.8) is 0 Å². The molecule has 29 heavy (non-hydrogen) atoms. The maximum atomic E-state index is 13.4. The maximum Gasteiger partial charge on any atom is 0.251 e. The van der Waals surface area contributed by atoms with Crippen LogP contribution in [0.4, 0.5) is 8.78 Å². The Labute approximate surface area is 172 Å². The average Bonchev–Trinajstić information content (AvgIpc) is 2.75. The molecule has 0 bridgehead atoms. The van der Waals surface area contributed by atoms with Crippen molar-refractivity contribution in [3.8, 4) is 0 Å². The highest BCUT2D eigenvalue weighted by molar-refractivity contribution is 5.79. The van der Waals surface area contributed by atoms with Crippen molar-refractivity contribution in [1.82, 2.24) is 19.7 Å². The van der Waals surface area contributed by atoms with Crippen LogP contribution in [0.2, 0.25) is 0 Å². The first-order valence-electron chi connectivity index (χ1n) is 11.0. The molecule has 0 aromatic carbocycles. The molecule has 4 heterocycles. The number of amides is 1. The van der Waals surface area contributed by atoms with E-state index in [-0.39, 0.29) is 37.8 Å². The van der Waals surface area contributed by atoms with Crippen molar-refractivity contribution in [2.45, 2.75) is 57.0 Å². The summed E-state index contributed by atoms with van der Waals surface area (Å²) in [4.78, 5) is 23.7. The van der Waals surface area contributed by atoms with Gasteiger partial charge in [0.25, 0.3) is 5.92 Å². The van der Waals surface area contributed by atoms with Crippen LogP contribution < -0.4 is 0 Å². The van der Waals surface area contributed by atoms with E-state index in [0.717, 1.165) is 58.4 Å². The Hall–Kier alpha value is -1.60. The number of aromatic nitrogens is 1. The number of pyridine rings is 1. The van der Waals surface area contributed by atoms with Crippen LogP contribution >= 0.6 is 0 Å². The summed E-state index contributed by atoms with van der Waals surface area (Å²) in [5.74, 6) is -2.53. The predicted molar refractivity (Wildman–Crippen MR) is 108 cm³/mol. The standard InChI is InChI=1S/C22H32F2N4O/c23-22(24)7-13-27(14-8-22)21(29)19-4-2-10-28(17-19)20-5-11-26(12-6-20)16-18-3-1-9-25-15-18/h1,3,9,15,19-20H,2,4-8,10-14,16-17H2/t19-/m1/s1. The molecule has 3 aliphatic rings. The number of likely N-dealkylation sites (tertiary alicyclic amines) is 3. The van der Waals surface area contributed by atoms with Gasteiger partial charge in [0.1, 0.15) is 0 Å². The number of hydrogen-bond donors (Lipinski definition) is 0. The molecule has 0 aliphatic carbocycles. The summed E-state index contributed by atoms with van der Waals surface area (Å²) >= 11 is 0. The summed E-state index contributed by atoms with van der Waals surface area (Å²) in [7, 11) is 0. The number of alkyl halides is 2. The first kappa shape index (κ1) is 20.7. The first-order valence-corrected chi connectivity index (χ1v) is 11.0. The molecule has 3 saturated heterocycles. The normalized spacial score (nSPS) is 27.1. The predicted octanol–water partition coefficient (Wildman–Crippen LogP) is 3.02. The van der Waals surface area contributed by atoms with Gasteiger partial charge in [0, 0.05) is 57.5 Å². The summed E-state index contributed by atoms with van der Waals surface area (Å²) in [5.41, 5.74) is 1.25. The molecule has 1 amide bonds. The van der Waals surface area contributed by atoms with Crippen LogP contribution in [-0.4, -0.2) is 76.8 Å². The van der Waals surface area contributed by atoms with Crippen molar-refractivity contribution in [2.24, 2.45) is 5.92 Å². The molecular weight excluding hydrogens is 374 g/mol. The Morgan fingerprint density at radius 2 is 1.86 bits per heavy atom. The second kappa shape index (κ2) is 9.04. The van der Waals surface area contributed by atoms with Gasteiger partial charge in [-0.25, -0.2) is 8.78 Å². The third-order valence-corrected chi connectivity index (χ3v) is 6.81. The third kappa shape index (κ3) is 5.31. The summed E-state index contributed by atoms with van der Waals surface area (Å²) in [6, 6.07) is 4.63. The second-order valence-corrected chi connectivity index (χ2v) is 8.88. The van der Waals surface area contributed by atoms with E-state index >= 15 is 0 Å². The lowest BCUT2D eigenvalue weighted by atomic mass is 9.92. The largest absolute Gasteiger partial charge is 0.342 e. The van der Waals surface area contributed by atoms with Gasteiger partial charge in [-0.15, -0.1) is 0 Å². The molecular formula is C22H32F2N4O. The number of rotatable bonds is 4. The number of carbonyl (C=O) groups is 1. The van der Waals surface area contributed by atoms with Gasteiger partial charge >= 0.3 is 0 Å². The molecule has 3 aliphatic heterocycles. The molecule has 1 aromatic heterocycles. The van der Waals surface area contributed by atoms with E-state index in [4.69, 9.17) is 0 Å². The number of halogens is 2. The first-order chi connectivity index (χ1) is 14.0. The molecule has 4 rings (SSSR count). The number of carbonyl (C=O) groups excluding carboxylic acids is 1. The van der Waals surface area contributed by atoms with Gasteiger partial charge in [0.2, 0.25) is 5.91 Å². The molecule has 7 heteroatoms. The van der Waals surface area contributed by atoms with Crippen molar-refractivity contribution in [1.29, 1.82) is 0 Å². The van der Waals surface area contributed by atoms with Gasteiger partial charge in [0.05, 0.1) is 5.92 Å². The monoisotopic (exact) mass is 406 g/mol. The minimum Gasteiger partial charge on any atom is -0.342 e. The number of piperidine rings is 3. The van der Waals surface area contributed by atoms with Gasteiger partial charge in [-0.05, 0) is 56.9 Å². The number of nitrogens with zero attached hydrogens (tertiary/aromatic N) is 4. The zero-order valence-corrected chi connectivity index (χ0v) is 17.1. The highest BCUT2D eigenvalue weighted by Gasteiger charge is 2.39. The minimum atomic E-state index is -2.60. The zero-order valence-electron chi connectivity index (χ0n) is 17.1. The molecule has 1 atom stereocenters. The lowest BCUT2D eigenvalue weighted by Crippen LogP contribution is -2.52. The Bertz CT molecular complexity index is 669. The third-order valence-electron chi connectivity index (χ3n) is 6.81. The molecule has 5 nitrogen and oxygen atoms in total. The molecule has 0 unspecified atom stereocenters. The van der Waals surface area contributed by atoms with Gasteiger partial charge in [-0.3, -0.25) is 19.6 Å². The highest BCUT2D eigenvalue weighted by atomic mass is 19.3. The highest BCUT2D eigenvalue weighted by Crippen LogP contribution is 2.30. The number of hydrogen-bond acceptors (Lipinski definition) is 4. The zero-order chi connectivity index (χ0) is 20.3. The minimum absolute atomic E-state index is 0.0242. The van der Waals surface area contributed by atoms with Gasteiger partial charge < -0.3 is 4.90 Å². The van der Waals surface area contributed by atoms with Crippen molar-refractivity contribution in [2.75, 3.05) is 39.3 Å². The SMILES string of the molecule is O=C([C@@H]1CCCN(C2CCN(Cc3cccnc3)CC2)C1)N1CCC(F)(F)CC1. The molecule has 0 N–H and O–H groups in total. The average molecular weight is 407 g/mol. The van der Waals surface area contributed by atoms with E-state index in [1.807, 2.05) is 12.3 Å². The Morgan fingerprint density at radius 1 is 1.10 bits per heavy atom. The van der Waals surface area contributed by atoms with Crippen LogP contribution in [0.25, 0.3) is 0 Å². The lowest BCUT2D eigenvalue weighted by molar-refractivity contribution is -0.143. The van der Waals surface area contributed by atoms with E-state index in [0.29, 0.717) is 6.04 Å². The molecule has 0 radical (unpaired) electrons. The van der Waals surface area contributed by atoms with E-state index in [2.05, 4.69) is 20.9 Å². The Morgan fingerprint density at radius 3 is 2.55 bits per heavy atom. The van der Waals surface area contributed by atoms with Crippen molar-refractivity contribution >= 4 is 5.91 Å². The van der Waals surface area contributed by atoms with E-state index in [1.165, 1.54) is 5.56 Å². The smallest absolute Gasteiger partial charge is 0.251 e. The lowest BCUT2D eigenvalue weighted by Gasteiger charge is -2.43. The van der Waals surface area contributed by atoms with Gasteiger partial charge in [0.15, 0.2) is 0 Å². The Balaban J connectivity index is 1.25. The molecule has 1 aromatic rings. The van der Waals surface area contributed by atoms with Crippen molar-refractivity contribution < 1.29 is 13.6 Å². The molecule has 160 valence electrons. The molecule has 0 spiro atoms. The Kier molecular flexibility index (Phi) is 6.44. The summed E-state index contributed by atoms with van der Waals surface area (Å²) in [6.07, 6.45) is 7.52. The van der Waals surface area contributed by atoms with E-state index < -0.39 is 5.92 Å². The van der Waals surface area contributed by atoms with Crippen LogP contribution in [0, 0.1) is 5.92 Å².